The van der Waals surface area contributed by atoms with Gasteiger partial charge in [0.2, 0.25) is 0 Å². The average molecular weight is 501 g/mol. The van der Waals surface area contributed by atoms with Gasteiger partial charge in [-0.2, -0.15) is 0 Å². The van der Waals surface area contributed by atoms with Crippen molar-refractivity contribution >= 4 is 17.4 Å². The van der Waals surface area contributed by atoms with Crippen molar-refractivity contribution in [2.75, 3.05) is 5.88 Å². The molecule has 0 aromatic carbocycles. The fourth-order valence-electron chi connectivity index (χ4n) is 10.00. The molecule has 1 aliphatic heterocycles. The summed E-state index contributed by atoms with van der Waals surface area (Å²) >= 11 is 6.27. The summed E-state index contributed by atoms with van der Waals surface area (Å²) in [5.41, 5.74) is 17.9. The van der Waals surface area contributed by atoms with Crippen LogP contribution in [0.4, 0.5) is 0 Å². The second-order valence-electron chi connectivity index (χ2n) is 13.2. The zero-order chi connectivity index (χ0) is 24.5. The number of alkyl halides is 1. The van der Waals surface area contributed by atoms with Crippen LogP contribution in [0, 0.1) is 35.5 Å². The van der Waals surface area contributed by atoms with E-state index in [9.17, 15) is 4.79 Å². The van der Waals surface area contributed by atoms with Crippen LogP contribution in [0.25, 0.3) is 0 Å². The first-order valence-corrected chi connectivity index (χ1v) is 15.0. The van der Waals surface area contributed by atoms with E-state index in [2.05, 4.69) is 13.8 Å². The summed E-state index contributed by atoms with van der Waals surface area (Å²) in [4.78, 5) is 12.1. The monoisotopic (exact) mass is 500 g/mol. The van der Waals surface area contributed by atoms with Gasteiger partial charge in [0.25, 0.3) is 0 Å². The summed E-state index contributed by atoms with van der Waals surface area (Å²) in [6.45, 7) is 4.87. The molecule has 3 saturated carbocycles. The van der Waals surface area contributed by atoms with Gasteiger partial charge in [-0.15, -0.1) is 11.6 Å². The Kier molecular flexibility index (Phi) is 6.31. The lowest BCUT2D eigenvalue weighted by molar-refractivity contribution is -0.115. The van der Waals surface area contributed by atoms with Crippen molar-refractivity contribution in [1.29, 1.82) is 0 Å². The molecule has 6 aliphatic rings. The standard InChI is InChI=1S/C30H45ClN2O2/c1-17-16-29(18(2)28-19(9-12-31)3-5-21(32)14-27(28)35-29)10-8-23-24-6-4-20-13-22(34)7-11-30(20,33)26(24)15-25(17)23/h13,18-19,21,23-24,26-28H,3-12,14-16,32-33H2,1-2H3/t18-,19?,21?,23+,24?,26+,27-,28?,29?,30?/m1/s1. The molecule has 6 unspecified atom stereocenters. The second kappa shape index (κ2) is 8.96. The molecule has 4 N–H and O–H groups in total. The molecule has 4 fully saturated rings. The van der Waals surface area contributed by atoms with Crippen LogP contribution >= 0.6 is 11.6 Å². The molecule has 1 spiro atoms. The third kappa shape index (κ3) is 3.83. The average Bonchev–Trinajstić information content (AvgIpc) is 3.21. The number of hydrogen-bond acceptors (Lipinski definition) is 4. The molecule has 35 heavy (non-hydrogen) atoms. The van der Waals surface area contributed by atoms with E-state index < -0.39 is 0 Å². The number of halogens is 1. The highest BCUT2D eigenvalue weighted by Gasteiger charge is 2.59. The minimum Gasteiger partial charge on any atom is -0.371 e. The number of ether oxygens (including phenoxy) is 1. The summed E-state index contributed by atoms with van der Waals surface area (Å²) in [5, 5.41) is 0. The highest BCUT2D eigenvalue weighted by atomic mass is 35.5. The molecule has 194 valence electrons. The Morgan fingerprint density at radius 3 is 2.80 bits per heavy atom. The molecule has 0 amide bonds. The van der Waals surface area contributed by atoms with Gasteiger partial charge in [-0.3, -0.25) is 4.79 Å². The highest BCUT2D eigenvalue weighted by molar-refractivity contribution is 6.17. The molecule has 6 rings (SSSR count). The third-order valence-electron chi connectivity index (χ3n) is 11.7. The van der Waals surface area contributed by atoms with Gasteiger partial charge in [-0.25, -0.2) is 0 Å². The lowest BCUT2D eigenvalue weighted by atomic mass is 9.60. The van der Waals surface area contributed by atoms with E-state index in [0.717, 1.165) is 57.2 Å². The van der Waals surface area contributed by atoms with E-state index in [-0.39, 0.29) is 29.1 Å². The first-order chi connectivity index (χ1) is 16.8. The van der Waals surface area contributed by atoms with Gasteiger partial charge in [0, 0.05) is 23.9 Å². The molecule has 1 saturated heterocycles. The molecular formula is C30H45ClN2O2. The predicted octanol–water partition coefficient (Wildman–Crippen LogP) is 5.67. The van der Waals surface area contributed by atoms with Crippen LogP contribution in [0.5, 0.6) is 0 Å². The Morgan fingerprint density at radius 1 is 1.17 bits per heavy atom. The normalized spacial score (nSPS) is 49.6. The highest BCUT2D eigenvalue weighted by Crippen LogP contribution is 2.61. The first kappa shape index (κ1) is 24.6. The number of nitrogens with two attached hydrogens (primary N) is 2. The lowest BCUT2D eigenvalue weighted by Gasteiger charge is -2.47. The minimum absolute atomic E-state index is 0.0503. The number of ketones is 1. The van der Waals surface area contributed by atoms with Gasteiger partial charge in [0.15, 0.2) is 5.78 Å². The van der Waals surface area contributed by atoms with Crippen molar-refractivity contribution in [2.24, 2.45) is 47.0 Å². The molecule has 0 aromatic rings. The summed E-state index contributed by atoms with van der Waals surface area (Å²) in [7, 11) is 0. The zero-order valence-electron chi connectivity index (χ0n) is 21.7. The van der Waals surface area contributed by atoms with Crippen molar-refractivity contribution < 1.29 is 9.53 Å². The van der Waals surface area contributed by atoms with E-state index >= 15 is 0 Å². The minimum atomic E-state index is -0.261. The topological polar surface area (TPSA) is 78.3 Å². The van der Waals surface area contributed by atoms with Gasteiger partial charge >= 0.3 is 0 Å². The Labute approximate surface area is 216 Å². The molecule has 5 heteroatoms. The maximum Gasteiger partial charge on any atom is 0.155 e. The number of carbonyl (C=O) groups excluding carboxylic acids is 1. The quantitative estimate of drug-likeness (QED) is 0.378. The van der Waals surface area contributed by atoms with Crippen LogP contribution in [-0.2, 0) is 9.53 Å². The van der Waals surface area contributed by atoms with Crippen molar-refractivity contribution in [2.45, 2.75) is 114 Å². The molecule has 0 radical (unpaired) electrons. The van der Waals surface area contributed by atoms with Crippen molar-refractivity contribution in [3.8, 4) is 0 Å². The predicted molar refractivity (Wildman–Crippen MR) is 141 cm³/mol. The van der Waals surface area contributed by atoms with Crippen LogP contribution in [0.15, 0.2) is 22.8 Å². The molecule has 4 nitrogen and oxygen atoms in total. The number of carbonyl (C=O) groups is 1. The Morgan fingerprint density at radius 2 is 2.00 bits per heavy atom. The van der Waals surface area contributed by atoms with E-state index in [1.807, 2.05) is 6.08 Å². The molecule has 5 aliphatic carbocycles. The van der Waals surface area contributed by atoms with Gasteiger partial charge in [0.1, 0.15) is 0 Å². The third-order valence-corrected chi connectivity index (χ3v) is 11.9. The molecule has 10 atom stereocenters. The van der Waals surface area contributed by atoms with Crippen LogP contribution < -0.4 is 11.5 Å². The zero-order valence-corrected chi connectivity index (χ0v) is 22.5. The summed E-state index contributed by atoms with van der Waals surface area (Å²) < 4.78 is 7.17. The second-order valence-corrected chi connectivity index (χ2v) is 13.6. The van der Waals surface area contributed by atoms with Crippen LogP contribution in [0.1, 0.15) is 90.9 Å². The number of hydrogen-bond donors (Lipinski definition) is 2. The molecule has 0 aromatic heterocycles. The van der Waals surface area contributed by atoms with E-state index in [1.165, 1.54) is 24.8 Å². The van der Waals surface area contributed by atoms with Gasteiger partial charge in [-0.1, -0.05) is 18.1 Å². The fraction of sp³-hybridized carbons (Fsp3) is 0.833. The number of rotatable bonds is 2. The smallest absolute Gasteiger partial charge is 0.155 e. The van der Waals surface area contributed by atoms with Crippen molar-refractivity contribution in [1.82, 2.24) is 0 Å². The molecule has 0 bridgehead atoms. The summed E-state index contributed by atoms with van der Waals surface area (Å²) in [6.07, 6.45) is 14.8. The summed E-state index contributed by atoms with van der Waals surface area (Å²) in [6, 6.07) is 0.253. The molecular weight excluding hydrogens is 456 g/mol. The van der Waals surface area contributed by atoms with E-state index in [0.29, 0.717) is 41.9 Å². The van der Waals surface area contributed by atoms with Crippen molar-refractivity contribution in [3.05, 3.63) is 22.8 Å². The maximum absolute atomic E-state index is 12.1. The lowest BCUT2D eigenvalue weighted by Crippen LogP contribution is -2.55. The SMILES string of the molecule is CC1=C2C[C@H]3C(CCC4=CC(=O)CCC43N)[C@@H]2CCC2(C1)O[C@@H]1CC(N)CCC(CCCl)C1[C@H]2C. The largest absolute Gasteiger partial charge is 0.371 e. The van der Waals surface area contributed by atoms with E-state index in [4.69, 9.17) is 27.8 Å². The van der Waals surface area contributed by atoms with Crippen molar-refractivity contribution in [3.63, 3.8) is 0 Å². The summed E-state index contributed by atoms with van der Waals surface area (Å²) in [5.74, 6) is 4.57. The maximum atomic E-state index is 12.1. The van der Waals surface area contributed by atoms with Crippen LogP contribution in [-0.4, -0.2) is 34.9 Å². The van der Waals surface area contributed by atoms with E-state index in [1.54, 1.807) is 11.1 Å². The number of allylic oxidation sites excluding steroid dienone is 2. The van der Waals surface area contributed by atoms with Gasteiger partial charge in [-0.05, 0) is 125 Å². The number of fused-ring (bicyclic) bond motifs is 6. The Bertz CT molecular complexity index is 945. The van der Waals surface area contributed by atoms with Crippen LogP contribution in [0.3, 0.4) is 0 Å². The fourth-order valence-corrected chi connectivity index (χ4v) is 10.3. The van der Waals surface area contributed by atoms with Gasteiger partial charge < -0.3 is 16.2 Å². The first-order valence-electron chi connectivity index (χ1n) is 14.5. The Balaban J connectivity index is 1.29. The Hall–Kier alpha value is -0.680. The van der Waals surface area contributed by atoms with Gasteiger partial charge in [0.05, 0.1) is 11.7 Å². The van der Waals surface area contributed by atoms with Crippen LogP contribution in [0.2, 0.25) is 0 Å². The molecule has 1 heterocycles.